The predicted molar refractivity (Wildman–Crippen MR) is 81.5 cm³/mol. The van der Waals surface area contributed by atoms with Crippen LogP contribution in [0.4, 0.5) is 10.5 Å². The number of benzene rings is 1. The van der Waals surface area contributed by atoms with Gasteiger partial charge in [-0.3, -0.25) is 4.90 Å². The zero-order valence-corrected chi connectivity index (χ0v) is 12.5. The summed E-state index contributed by atoms with van der Waals surface area (Å²) in [4.78, 5) is 13.8. The third-order valence-corrected chi connectivity index (χ3v) is 3.43. The van der Waals surface area contributed by atoms with Crippen molar-refractivity contribution in [3.63, 3.8) is 0 Å². The highest BCUT2D eigenvalue weighted by molar-refractivity contribution is 7.80. The molecule has 4 nitrogen and oxygen atoms in total. The van der Waals surface area contributed by atoms with Gasteiger partial charge in [0, 0.05) is 5.69 Å². The van der Waals surface area contributed by atoms with E-state index in [9.17, 15) is 4.79 Å². The van der Waals surface area contributed by atoms with Gasteiger partial charge in [0.15, 0.2) is 5.11 Å². The van der Waals surface area contributed by atoms with Crippen molar-refractivity contribution in [1.82, 2.24) is 10.2 Å². The summed E-state index contributed by atoms with van der Waals surface area (Å²) in [5.74, 6) is 0. The van der Waals surface area contributed by atoms with Gasteiger partial charge in [-0.15, -0.1) is 0 Å². The van der Waals surface area contributed by atoms with Crippen molar-refractivity contribution in [2.75, 3.05) is 11.9 Å². The van der Waals surface area contributed by atoms with Gasteiger partial charge in [0.05, 0.1) is 12.1 Å². The number of carbonyl (C=O) groups excluding carboxylic acids is 1. The Hall–Kier alpha value is -1.62. The summed E-state index contributed by atoms with van der Waals surface area (Å²) >= 11 is 5.19. The molecule has 0 unspecified atom stereocenters. The van der Waals surface area contributed by atoms with Gasteiger partial charge in [-0.25, -0.2) is 4.79 Å². The summed E-state index contributed by atoms with van der Waals surface area (Å²) in [6.07, 6.45) is 0. The van der Waals surface area contributed by atoms with Gasteiger partial charge in [0.1, 0.15) is 0 Å². The molecule has 1 fully saturated rings. The van der Waals surface area contributed by atoms with Crippen LogP contribution in [-0.4, -0.2) is 28.1 Å². The highest BCUT2D eigenvalue weighted by Gasteiger charge is 2.35. The Morgan fingerprint density at radius 1 is 1.42 bits per heavy atom. The van der Waals surface area contributed by atoms with Gasteiger partial charge >= 0.3 is 6.03 Å². The van der Waals surface area contributed by atoms with Crippen LogP contribution in [-0.2, 0) is 0 Å². The van der Waals surface area contributed by atoms with E-state index in [1.165, 1.54) is 5.56 Å². The van der Waals surface area contributed by atoms with Gasteiger partial charge in [-0.05, 0) is 51.5 Å². The molecule has 1 aromatic carbocycles. The van der Waals surface area contributed by atoms with Gasteiger partial charge < -0.3 is 10.6 Å². The molecule has 2 N–H and O–H groups in total. The highest BCUT2D eigenvalue weighted by Crippen LogP contribution is 2.19. The number of nitrogens with one attached hydrogen (secondary N) is 2. The largest absolute Gasteiger partial charge is 0.355 e. The monoisotopic (exact) mass is 277 g/mol. The van der Waals surface area contributed by atoms with Crippen LogP contribution in [0.2, 0.25) is 0 Å². The zero-order chi connectivity index (χ0) is 14.2. The summed E-state index contributed by atoms with van der Waals surface area (Å²) in [5, 5.41) is 6.52. The number of urea groups is 1. The van der Waals surface area contributed by atoms with Crippen molar-refractivity contribution in [3.8, 4) is 0 Å². The number of carbonyl (C=O) groups is 1. The Balaban J connectivity index is 2.12. The lowest BCUT2D eigenvalue weighted by Gasteiger charge is -2.18. The minimum absolute atomic E-state index is 0.170. The predicted octanol–water partition coefficient (Wildman–Crippen LogP) is 2.80. The van der Waals surface area contributed by atoms with Gasteiger partial charge in [-0.2, -0.15) is 0 Å². The summed E-state index contributed by atoms with van der Waals surface area (Å²) in [7, 11) is 0. The minimum Gasteiger partial charge on any atom is -0.355 e. The number of hydrogen-bond acceptors (Lipinski definition) is 2. The van der Waals surface area contributed by atoms with Crippen molar-refractivity contribution in [2.45, 2.75) is 33.2 Å². The first-order chi connectivity index (χ1) is 8.78. The first-order valence-electron chi connectivity index (χ1n) is 6.26. The molecule has 0 aliphatic carbocycles. The third-order valence-electron chi connectivity index (χ3n) is 3.11. The fraction of sp³-hybridized carbons (Fsp3) is 0.429. The smallest absolute Gasteiger partial charge is 0.328 e. The quantitative estimate of drug-likeness (QED) is 0.776. The lowest BCUT2D eigenvalue weighted by atomic mass is 10.1. The zero-order valence-electron chi connectivity index (χ0n) is 11.7. The second kappa shape index (κ2) is 4.81. The van der Waals surface area contributed by atoms with Crippen LogP contribution in [0.3, 0.4) is 0 Å². The van der Waals surface area contributed by atoms with E-state index in [0.717, 1.165) is 11.3 Å². The molecule has 1 saturated heterocycles. The van der Waals surface area contributed by atoms with E-state index >= 15 is 0 Å². The fourth-order valence-corrected chi connectivity index (χ4v) is 2.59. The molecular weight excluding hydrogens is 258 g/mol. The Kier molecular flexibility index (Phi) is 3.49. The summed E-state index contributed by atoms with van der Waals surface area (Å²) in [6, 6.07) is 5.75. The van der Waals surface area contributed by atoms with E-state index in [1.54, 1.807) is 4.90 Å². The average molecular weight is 277 g/mol. The molecule has 2 amide bonds. The molecule has 0 spiro atoms. The molecule has 0 saturated carbocycles. The Morgan fingerprint density at radius 2 is 2.11 bits per heavy atom. The molecule has 0 atom stereocenters. The molecule has 1 heterocycles. The number of rotatable bonds is 1. The van der Waals surface area contributed by atoms with Crippen LogP contribution < -0.4 is 10.6 Å². The van der Waals surface area contributed by atoms with Crippen molar-refractivity contribution < 1.29 is 4.79 Å². The SMILES string of the molecule is Cc1ccc(NC(=O)N2CC(C)(C)NC2=S)c(C)c1. The normalized spacial score (nSPS) is 17.3. The number of amides is 2. The maximum Gasteiger partial charge on any atom is 0.328 e. The van der Waals surface area contributed by atoms with Gasteiger partial charge in [0.2, 0.25) is 0 Å². The van der Waals surface area contributed by atoms with Crippen LogP contribution in [0.1, 0.15) is 25.0 Å². The molecule has 19 heavy (non-hydrogen) atoms. The van der Waals surface area contributed by atoms with Crippen LogP contribution in [0.15, 0.2) is 18.2 Å². The maximum atomic E-state index is 12.2. The van der Waals surface area contributed by atoms with Crippen molar-refractivity contribution in [2.24, 2.45) is 0 Å². The first kappa shape index (κ1) is 13.8. The van der Waals surface area contributed by atoms with Crippen LogP contribution >= 0.6 is 12.2 Å². The van der Waals surface area contributed by atoms with E-state index < -0.39 is 0 Å². The number of hydrogen-bond donors (Lipinski definition) is 2. The average Bonchev–Trinajstić information content (AvgIpc) is 2.56. The summed E-state index contributed by atoms with van der Waals surface area (Å²) in [5.41, 5.74) is 2.88. The molecular formula is C14H19N3OS. The molecule has 2 rings (SSSR count). The molecule has 1 aliphatic rings. The first-order valence-corrected chi connectivity index (χ1v) is 6.67. The van der Waals surface area contributed by atoms with E-state index in [1.807, 2.05) is 45.9 Å². The lowest BCUT2D eigenvalue weighted by molar-refractivity contribution is 0.233. The van der Waals surface area contributed by atoms with E-state index in [0.29, 0.717) is 11.7 Å². The van der Waals surface area contributed by atoms with Gasteiger partial charge in [0.25, 0.3) is 0 Å². The van der Waals surface area contributed by atoms with Gasteiger partial charge in [-0.1, -0.05) is 17.7 Å². The van der Waals surface area contributed by atoms with E-state index in [2.05, 4.69) is 10.6 Å². The Bertz CT molecular complexity index is 539. The minimum atomic E-state index is -0.185. The number of aryl methyl sites for hydroxylation is 2. The standard InChI is InChI=1S/C14H19N3OS/c1-9-5-6-11(10(2)7-9)15-12(18)17-8-14(3,4)16-13(17)19/h5-7H,8H2,1-4H3,(H,15,18)(H,16,19). The molecule has 0 bridgehead atoms. The van der Waals surface area contributed by atoms with E-state index in [4.69, 9.17) is 12.2 Å². The number of thiocarbonyl (C=S) groups is 1. The second-order valence-electron chi connectivity index (χ2n) is 5.65. The third kappa shape index (κ3) is 3.04. The van der Waals surface area contributed by atoms with Crippen LogP contribution in [0, 0.1) is 13.8 Å². The van der Waals surface area contributed by atoms with Crippen LogP contribution in [0.5, 0.6) is 0 Å². The topological polar surface area (TPSA) is 44.4 Å². The molecule has 102 valence electrons. The molecule has 1 aliphatic heterocycles. The summed E-state index contributed by atoms with van der Waals surface area (Å²) in [6.45, 7) is 8.61. The molecule has 5 heteroatoms. The number of anilines is 1. The highest BCUT2D eigenvalue weighted by atomic mass is 32.1. The molecule has 1 aromatic rings. The van der Waals surface area contributed by atoms with Crippen molar-refractivity contribution >= 4 is 29.0 Å². The Morgan fingerprint density at radius 3 is 2.63 bits per heavy atom. The Labute approximate surface area is 119 Å². The second-order valence-corrected chi connectivity index (χ2v) is 6.04. The lowest BCUT2D eigenvalue weighted by Crippen LogP contribution is -2.37. The summed E-state index contributed by atoms with van der Waals surface area (Å²) < 4.78 is 0. The van der Waals surface area contributed by atoms with E-state index in [-0.39, 0.29) is 11.6 Å². The molecule has 0 radical (unpaired) electrons. The van der Waals surface area contributed by atoms with Crippen molar-refractivity contribution in [1.29, 1.82) is 0 Å². The maximum absolute atomic E-state index is 12.2. The fourth-order valence-electron chi connectivity index (χ4n) is 2.16. The number of nitrogens with zero attached hydrogens (tertiary/aromatic N) is 1. The van der Waals surface area contributed by atoms with Crippen LogP contribution in [0.25, 0.3) is 0 Å². The van der Waals surface area contributed by atoms with Crippen molar-refractivity contribution in [3.05, 3.63) is 29.3 Å². The molecule has 0 aromatic heterocycles.